The lowest BCUT2D eigenvalue weighted by molar-refractivity contribution is -0.121. The van der Waals surface area contributed by atoms with E-state index in [1.54, 1.807) is 6.07 Å². The van der Waals surface area contributed by atoms with E-state index in [2.05, 4.69) is 21.0 Å². The molecule has 0 aromatic carbocycles. The number of pyridine rings is 1. The van der Waals surface area contributed by atoms with Gasteiger partial charge in [-0.1, -0.05) is 0 Å². The summed E-state index contributed by atoms with van der Waals surface area (Å²) in [6, 6.07) is 3.20. The largest absolute Gasteiger partial charge is 0.354 e. The summed E-state index contributed by atoms with van der Waals surface area (Å²) in [7, 11) is 0. The number of amides is 2. The first-order valence-electron chi connectivity index (χ1n) is 6.03. The number of aromatic nitrogens is 1. The summed E-state index contributed by atoms with van der Waals surface area (Å²) in [6.07, 6.45) is 1.73. The number of hydrazine groups is 1. The van der Waals surface area contributed by atoms with Crippen molar-refractivity contribution in [2.24, 2.45) is 5.84 Å². The van der Waals surface area contributed by atoms with Crippen molar-refractivity contribution in [3.8, 4) is 0 Å². The highest BCUT2D eigenvalue weighted by atomic mass is 16.2. The van der Waals surface area contributed by atoms with Crippen molar-refractivity contribution in [3.63, 3.8) is 0 Å². The number of anilines is 1. The molecule has 0 aliphatic rings. The first-order valence-corrected chi connectivity index (χ1v) is 6.03. The Morgan fingerprint density at radius 3 is 2.79 bits per heavy atom. The van der Waals surface area contributed by atoms with Crippen molar-refractivity contribution >= 4 is 17.6 Å². The number of rotatable bonds is 6. The number of nitrogen functional groups attached to an aromatic ring is 1. The summed E-state index contributed by atoms with van der Waals surface area (Å²) >= 11 is 0. The number of nitrogens with two attached hydrogens (primary N) is 1. The van der Waals surface area contributed by atoms with Crippen molar-refractivity contribution in [2.45, 2.75) is 26.3 Å². The number of carbonyl (C=O) groups excluding carboxylic acids is 2. The van der Waals surface area contributed by atoms with E-state index in [4.69, 9.17) is 5.84 Å². The van der Waals surface area contributed by atoms with Gasteiger partial charge in [-0.3, -0.25) is 9.59 Å². The fraction of sp³-hybridized carbons (Fsp3) is 0.417. The normalized spacial score (nSPS) is 10.1. The average molecular weight is 265 g/mol. The van der Waals surface area contributed by atoms with E-state index in [0.717, 1.165) is 0 Å². The Balaban J connectivity index is 2.40. The van der Waals surface area contributed by atoms with Crippen LogP contribution in [0.5, 0.6) is 0 Å². The Hall–Kier alpha value is -2.15. The fourth-order valence-corrected chi connectivity index (χ4v) is 1.44. The summed E-state index contributed by atoms with van der Waals surface area (Å²) in [4.78, 5) is 27.1. The second-order valence-corrected chi connectivity index (χ2v) is 4.30. The van der Waals surface area contributed by atoms with Gasteiger partial charge in [-0.25, -0.2) is 10.8 Å². The zero-order valence-electron chi connectivity index (χ0n) is 11.1. The third kappa shape index (κ3) is 5.35. The van der Waals surface area contributed by atoms with Crippen LogP contribution >= 0.6 is 0 Å². The van der Waals surface area contributed by atoms with Gasteiger partial charge in [-0.15, -0.1) is 0 Å². The Bertz CT molecular complexity index is 448. The fourth-order valence-electron chi connectivity index (χ4n) is 1.44. The average Bonchev–Trinajstić information content (AvgIpc) is 2.37. The SMILES string of the molecule is CC(C)NC(=O)CCNC(=O)c1ccnc(NN)c1. The molecule has 1 aromatic heterocycles. The maximum absolute atomic E-state index is 11.8. The number of nitrogens with one attached hydrogen (secondary N) is 3. The quantitative estimate of drug-likeness (QED) is 0.428. The van der Waals surface area contributed by atoms with Gasteiger partial charge in [0, 0.05) is 30.8 Å². The van der Waals surface area contributed by atoms with Crippen molar-refractivity contribution in [3.05, 3.63) is 23.9 Å². The molecule has 0 atom stereocenters. The molecule has 0 fully saturated rings. The van der Waals surface area contributed by atoms with Crippen molar-refractivity contribution in [1.82, 2.24) is 15.6 Å². The van der Waals surface area contributed by atoms with Gasteiger partial charge in [0.05, 0.1) is 0 Å². The van der Waals surface area contributed by atoms with E-state index in [9.17, 15) is 9.59 Å². The van der Waals surface area contributed by atoms with Crippen LogP contribution in [0.4, 0.5) is 5.82 Å². The summed E-state index contributed by atoms with van der Waals surface area (Å²) < 4.78 is 0. The predicted octanol–water partition coefficient (Wildman–Crippen LogP) is 0.0117. The Morgan fingerprint density at radius 1 is 1.42 bits per heavy atom. The molecule has 7 nitrogen and oxygen atoms in total. The first kappa shape index (κ1) is 14.9. The lowest BCUT2D eigenvalue weighted by atomic mass is 10.2. The minimum absolute atomic E-state index is 0.0886. The molecule has 0 spiro atoms. The molecule has 0 aliphatic carbocycles. The van der Waals surface area contributed by atoms with Crippen LogP contribution < -0.4 is 21.9 Å². The highest BCUT2D eigenvalue weighted by molar-refractivity contribution is 5.95. The summed E-state index contributed by atoms with van der Waals surface area (Å²) in [5.41, 5.74) is 2.80. The van der Waals surface area contributed by atoms with E-state index < -0.39 is 0 Å². The number of carbonyl (C=O) groups is 2. The smallest absolute Gasteiger partial charge is 0.251 e. The predicted molar refractivity (Wildman–Crippen MR) is 72.3 cm³/mol. The monoisotopic (exact) mass is 265 g/mol. The van der Waals surface area contributed by atoms with Gasteiger partial charge in [-0.05, 0) is 26.0 Å². The van der Waals surface area contributed by atoms with Crippen LogP contribution in [0.3, 0.4) is 0 Å². The van der Waals surface area contributed by atoms with Crippen molar-refractivity contribution < 1.29 is 9.59 Å². The molecule has 0 aliphatic heterocycles. The molecule has 19 heavy (non-hydrogen) atoms. The molecule has 0 unspecified atom stereocenters. The van der Waals surface area contributed by atoms with Gasteiger partial charge in [0.25, 0.3) is 5.91 Å². The van der Waals surface area contributed by atoms with Crippen molar-refractivity contribution in [2.75, 3.05) is 12.0 Å². The summed E-state index contributed by atoms with van der Waals surface area (Å²) in [6.45, 7) is 4.05. The molecule has 5 N–H and O–H groups in total. The molecule has 0 saturated heterocycles. The Morgan fingerprint density at radius 2 is 2.16 bits per heavy atom. The Kier molecular flexibility index (Phi) is 5.74. The van der Waals surface area contributed by atoms with Gasteiger partial charge < -0.3 is 16.1 Å². The molecule has 0 bridgehead atoms. The summed E-state index contributed by atoms with van der Waals surface area (Å²) in [5.74, 6) is 5.26. The zero-order valence-corrected chi connectivity index (χ0v) is 11.1. The molecular weight excluding hydrogens is 246 g/mol. The molecule has 1 rings (SSSR count). The van der Waals surface area contributed by atoms with E-state index >= 15 is 0 Å². The molecule has 1 heterocycles. The zero-order chi connectivity index (χ0) is 14.3. The van der Waals surface area contributed by atoms with E-state index in [-0.39, 0.29) is 30.8 Å². The van der Waals surface area contributed by atoms with Gasteiger partial charge >= 0.3 is 0 Å². The third-order valence-electron chi connectivity index (χ3n) is 2.26. The van der Waals surface area contributed by atoms with Gasteiger partial charge in [-0.2, -0.15) is 0 Å². The second kappa shape index (κ2) is 7.32. The van der Waals surface area contributed by atoms with Crippen LogP contribution in [0.2, 0.25) is 0 Å². The molecule has 7 heteroatoms. The van der Waals surface area contributed by atoms with E-state index in [0.29, 0.717) is 11.4 Å². The minimum atomic E-state index is -0.267. The maximum Gasteiger partial charge on any atom is 0.251 e. The van der Waals surface area contributed by atoms with E-state index in [1.165, 1.54) is 12.3 Å². The maximum atomic E-state index is 11.8. The first-order chi connectivity index (χ1) is 9.02. The molecule has 2 amide bonds. The topological polar surface area (TPSA) is 109 Å². The highest BCUT2D eigenvalue weighted by Crippen LogP contribution is 2.04. The van der Waals surface area contributed by atoms with Gasteiger partial charge in [0.1, 0.15) is 5.82 Å². The molecule has 0 radical (unpaired) electrons. The second-order valence-electron chi connectivity index (χ2n) is 4.30. The molecule has 104 valence electrons. The molecule has 1 aromatic rings. The third-order valence-corrected chi connectivity index (χ3v) is 2.26. The van der Waals surface area contributed by atoms with Crippen LogP contribution in [0.15, 0.2) is 18.3 Å². The summed E-state index contributed by atoms with van der Waals surface area (Å²) in [5, 5.41) is 5.41. The number of hydrogen-bond donors (Lipinski definition) is 4. The minimum Gasteiger partial charge on any atom is -0.354 e. The number of nitrogens with zero attached hydrogens (tertiary/aromatic N) is 1. The van der Waals surface area contributed by atoms with Gasteiger partial charge in [0.2, 0.25) is 5.91 Å². The highest BCUT2D eigenvalue weighted by Gasteiger charge is 2.08. The lowest BCUT2D eigenvalue weighted by Crippen LogP contribution is -2.34. The van der Waals surface area contributed by atoms with Gasteiger partial charge in [0.15, 0.2) is 0 Å². The van der Waals surface area contributed by atoms with Crippen LogP contribution in [0, 0.1) is 0 Å². The lowest BCUT2D eigenvalue weighted by Gasteiger charge is -2.09. The van der Waals surface area contributed by atoms with Crippen LogP contribution in [-0.2, 0) is 4.79 Å². The van der Waals surface area contributed by atoms with E-state index in [1.807, 2.05) is 13.8 Å². The van der Waals surface area contributed by atoms with Crippen LogP contribution in [0.25, 0.3) is 0 Å². The molecule has 0 saturated carbocycles. The molecular formula is C12H19N5O2. The van der Waals surface area contributed by atoms with Crippen LogP contribution in [-0.4, -0.2) is 29.4 Å². The van der Waals surface area contributed by atoms with Crippen molar-refractivity contribution in [1.29, 1.82) is 0 Å². The van der Waals surface area contributed by atoms with Crippen LogP contribution in [0.1, 0.15) is 30.6 Å². The standard InChI is InChI=1S/C12H19N5O2/c1-8(2)16-11(18)4-6-15-12(19)9-3-5-14-10(7-9)17-13/h3,5,7-8H,4,6,13H2,1-2H3,(H,14,17)(H,15,19)(H,16,18). The Labute approximate surface area is 111 Å². The number of hydrogen-bond acceptors (Lipinski definition) is 5.